The minimum atomic E-state index is -4.37. The third-order valence-electron chi connectivity index (χ3n) is 20.4. The minimum Gasteiger partial charge on any atom is -0.371 e. The van der Waals surface area contributed by atoms with Crippen LogP contribution in [-0.2, 0) is 40.1 Å². The van der Waals surface area contributed by atoms with Crippen LogP contribution >= 0.6 is 27.5 Å². The highest BCUT2D eigenvalue weighted by molar-refractivity contribution is 9.10. The molecule has 8 heterocycles. The van der Waals surface area contributed by atoms with Crippen LogP contribution in [-0.4, -0.2) is 102 Å². The number of aromatic nitrogens is 4. The zero-order valence-corrected chi connectivity index (χ0v) is 65.2. The number of rotatable bonds is 16. The fourth-order valence-electron chi connectivity index (χ4n) is 15.1. The van der Waals surface area contributed by atoms with E-state index in [1.54, 1.807) is 115 Å². The van der Waals surface area contributed by atoms with Gasteiger partial charge in [0.25, 0.3) is 65.8 Å². The summed E-state index contributed by atoms with van der Waals surface area (Å²) in [6.45, 7) is 6.14. The van der Waals surface area contributed by atoms with Crippen molar-refractivity contribution >= 4 is 134 Å². The number of anilines is 4. The first-order valence-corrected chi connectivity index (χ1v) is 43.2. The fourth-order valence-corrected chi connectivity index (χ4v) is 22.1. The largest absolute Gasteiger partial charge is 0.371 e. The van der Waals surface area contributed by atoms with Gasteiger partial charge in [-0.15, -0.1) is 0 Å². The zero-order chi connectivity index (χ0) is 78.7. The smallest absolute Gasteiger partial charge is 0.271 e. The molecule has 0 saturated carbocycles. The zero-order valence-electron chi connectivity index (χ0n) is 59.6. The maximum absolute atomic E-state index is 14.2. The summed E-state index contributed by atoms with van der Waals surface area (Å²) in [4.78, 5) is 7.68. The van der Waals surface area contributed by atoms with Crippen LogP contribution in [0.5, 0.6) is 0 Å². The van der Waals surface area contributed by atoms with Crippen molar-refractivity contribution in [2.24, 2.45) is 0 Å². The Kier molecular flexibility index (Phi) is 24.4. The molecular formula is C80H77BrClF9N8O8S4. The molecular weight excluding hydrogens is 1620 g/mol. The van der Waals surface area contributed by atoms with Gasteiger partial charge in [-0.1, -0.05) is 90.5 Å². The Bertz CT molecular complexity index is 5420. The normalized spacial score (nSPS) is 15.5. The molecule has 0 amide bonds. The lowest BCUT2D eigenvalue weighted by atomic mass is 10.1. The van der Waals surface area contributed by atoms with E-state index < -0.39 is 76.5 Å². The molecule has 111 heavy (non-hydrogen) atoms. The molecule has 0 bridgehead atoms. The van der Waals surface area contributed by atoms with Crippen LogP contribution in [0.15, 0.2) is 225 Å². The van der Waals surface area contributed by atoms with Gasteiger partial charge in [0.1, 0.15) is 20.5 Å². The molecule has 0 spiro atoms. The van der Waals surface area contributed by atoms with E-state index in [-0.39, 0.29) is 74.8 Å². The second-order valence-corrected chi connectivity index (χ2v) is 35.7. The third-order valence-corrected chi connectivity index (χ3v) is 28.6. The lowest BCUT2D eigenvalue weighted by molar-refractivity contribution is 0.152. The molecule has 4 saturated heterocycles. The average Bonchev–Trinajstić information content (AvgIpc) is 1.62. The summed E-state index contributed by atoms with van der Waals surface area (Å²) in [7, 11) is -16.5. The molecule has 4 aromatic heterocycles. The highest BCUT2D eigenvalue weighted by atomic mass is 79.9. The van der Waals surface area contributed by atoms with Crippen LogP contribution < -0.4 is 19.6 Å². The van der Waals surface area contributed by atoms with Gasteiger partial charge >= 0.3 is 0 Å². The molecule has 31 heteroatoms. The van der Waals surface area contributed by atoms with Crippen molar-refractivity contribution < 1.29 is 73.2 Å². The summed E-state index contributed by atoms with van der Waals surface area (Å²) in [5.74, 6) is -0.921. The summed E-state index contributed by atoms with van der Waals surface area (Å²) in [6.07, 6.45) is 5.21. The lowest BCUT2D eigenvalue weighted by Gasteiger charge is -2.29. The van der Waals surface area contributed by atoms with E-state index in [4.69, 9.17) is 11.6 Å². The Hall–Kier alpha value is -8.94. The molecule has 0 aliphatic carbocycles. The van der Waals surface area contributed by atoms with Crippen LogP contribution in [0.2, 0.25) is 5.02 Å². The summed E-state index contributed by atoms with van der Waals surface area (Å²) >= 11 is 9.34. The summed E-state index contributed by atoms with van der Waals surface area (Å²) < 4.78 is 234. The number of fused-ring (bicyclic) bond motifs is 4. The van der Waals surface area contributed by atoms with Crippen molar-refractivity contribution in [3.8, 4) is 0 Å². The topological polar surface area (TPSA) is 169 Å². The minimum absolute atomic E-state index is 0.0380. The number of benzene rings is 8. The van der Waals surface area contributed by atoms with E-state index in [1.165, 1.54) is 48.5 Å². The monoisotopic (exact) mass is 1690 g/mol. The van der Waals surface area contributed by atoms with Crippen molar-refractivity contribution in [2.45, 2.75) is 122 Å². The van der Waals surface area contributed by atoms with E-state index in [2.05, 4.69) is 30.6 Å². The first-order valence-electron chi connectivity index (χ1n) is 36.2. The van der Waals surface area contributed by atoms with Gasteiger partial charge in [0.15, 0.2) is 0 Å². The Balaban J connectivity index is 0.000000130. The highest BCUT2D eigenvalue weighted by Crippen LogP contribution is 2.45. The quantitative estimate of drug-likeness (QED) is 0.0841. The summed E-state index contributed by atoms with van der Waals surface area (Å²) in [5.41, 5.74) is 2.38. The van der Waals surface area contributed by atoms with Crippen molar-refractivity contribution in [1.82, 2.24) is 15.9 Å². The van der Waals surface area contributed by atoms with E-state index in [0.717, 1.165) is 182 Å². The lowest BCUT2D eigenvalue weighted by Crippen LogP contribution is -2.29. The number of halogens is 11. The van der Waals surface area contributed by atoms with Gasteiger partial charge in [-0.3, -0.25) is 0 Å². The second-order valence-electron chi connectivity index (χ2n) is 27.2. The Labute approximate surface area is 651 Å². The van der Waals surface area contributed by atoms with Crippen LogP contribution in [0, 0.1) is 5.82 Å². The van der Waals surface area contributed by atoms with Crippen molar-refractivity contribution in [3.05, 3.63) is 238 Å². The van der Waals surface area contributed by atoms with Gasteiger partial charge in [0.05, 0.1) is 32.0 Å². The molecule has 586 valence electrons. The SMILES string of the molecule is O=S(=O)(c1ccccc1)n1cc(C(F)F)c2c(N3CCCCC3)cccc21.O=S(=O)(c1ccccc1Br)n1cc(C(F)F)c2c(N3CCCCC3)cccc21.O=S(=O)(c1ccccc1Cl)n1cc(C(F)F)c2c(N3CCCCC3)cccc21.O=S(=O)(c1ccccc1F)n1cc(C(F)F)c2c(N3CCCCC3)cccc21. The first-order chi connectivity index (χ1) is 53.2. The van der Waals surface area contributed by atoms with Gasteiger partial charge in [-0.2, -0.15) is 0 Å². The van der Waals surface area contributed by atoms with E-state index in [9.17, 15) is 73.2 Å². The highest BCUT2D eigenvalue weighted by Gasteiger charge is 2.34. The molecule has 0 unspecified atom stereocenters. The van der Waals surface area contributed by atoms with Gasteiger partial charge in [0, 0.05) is 148 Å². The Morgan fingerprint density at radius 3 is 0.883 bits per heavy atom. The van der Waals surface area contributed by atoms with Crippen LogP contribution in [0.3, 0.4) is 0 Å². The van der Waals surface area contributed by atoms with Crippen molar-refractivity contribution in [1.29, 1.82) is 0 Å². The molecule has 16 nitrogen and oxygen atoms in total. The fraction of sp³-hybridized carbons (Fsp3) is 0.300. The van der Waals surface area contributed by atoms with E-state index >= 15 is 0 Å². The molecule has 0 N–H and O–H groups in total. The van der Waals surface area contributed by atoms with Gasteiger partial charge in [-0.25, -0.2) is 89.1 Å². The molecule has 12 aromatic rings. The maximum atomic E-state index is 14.2. The van der Waals surface area contributed by atoms with E-state index in [1.807, 2.05) is 4.90 Å². The van der Waals surface area contributed by atoms with Crippen molar-refractivity contribution in [2.75, 3.05) is 72.0 Å². The molecule has 0 atom stereocenters. The van der Waals surface area contributed by atoms with E-state index in [0.29, 0.717) is 38.0 Å². The van der Waals surface area contributed by atoms with Crippen LogP contribution in [0.1, 0.15) is 125 Å². The average molecular weight is 1690 g/mol. The summed E-state index contributed by atoms with van der Waals surface area (Å²) in [6, 6.07) is 45.4. The third kappa shape index (κ3) is 16.1. The number of alkyl halides is 8. The molecule has 4 aliphatic rings. The number of piperidine rings is 4. The standard InChI is InChI=1S/C20H19BrF2N2O2S.C20H19ClF2N2O2S.C20H19F3N2O2S.C20H20F2N2O2S/c3*21-15-7-2-3-10-18(15)28(26,27)25-13-14(20(22)23)19-16(8-6-9-17(19)25)24-11-4-1-5-12-24;21-20(22)16-14-24(27(25,26)15-8-3-1-4-9-15)18-11-7-10-17(19(16)18)23-12-5-2-6-13-23/h3*2-3,6-10,13,20H,1,4-5,11-12H2;1,3-4,7-11,14,20H,2,5-6,12-13H2. The van der Waals surface area contributed by atoms with Gasteiger partial charge in [-0.05, 0) is 190 Å². The van der Waals surface area contributed by atoms with Crippen molar-refractivity contribution in [3.63, 3.8) is 0 Å². The predicted molar refractivity (Wildman–Crippen MR) is 421 cm³/mol. The molecule has 4 fully saturated rings. The number of nitrogens with zero attached hydrogens (tertiary/aromatic N) is 8. The molecule has 16 rings (SSSR count). The molecule has 4 aliphatic heterocycles. The number of hydrogen-bond acceptors (Lipinski definition) is 12. The Morgan fingerprint density at radius 2 is 0.568 bits per heavy atom. The summed E-state index contributed by atoms with van der Waals surface area (Å²) in [5, 5.41) is 1.19. The first kappa shape index (κ1) is 80.1. The number of hydrogen-bond donors (Lipinski definition) is 0. The maximum Gasteiger partial charge on any atom is 0.271 e. The van der Waals surface area contributed by atoms with Crippen LogP contribution in [0.4, 0.5) is 62.3 Å². The second kappa shape index (κ2) is 33.8. The van der Waals surface area contributed by atoms with Crippen LogP contribution in [0.25, 0.3) is 43.6 Å². The van der Waals surface area contributed by atoms with Gasteiger partial charge in [0.2, 0.25) is 0 Å². The predicted octanol–water partition coefficient (Wildman–Crippen LogP) is 20.8. The van der Waals surface area contributed by atoms with Gasteiger partial charge < -0.3 is 19.6 Å². The Morgan fingerprint density at radius 1 is 0.297 bits per heavy atom. The molecule has 8 aromatic carbocycles. The molecule has 0 radical (unpaired) electrons.